The Kier molecular flexibility index (Phi) is 10.6. The molecule has 2 N–H and O–H groups in total. The van der Waals surface area contributed by atoms with Gasteiger partial charge < -0.3 is 10.1 Å². The van der Waals surface area contributed by atoms with Gasteiger partial charge in [0.05, 0.1) is 11.0 Å². The fourth-order valence-electron chi connectivity index (χ4n) is 5.03. The minimum absolute atomic E-state index is 0.271. The Balaban J connectivity index is 1.71. The van der Waals surface area contributed by atoms with Crippen LogP contribution < -0.4 is 0 Å². The van der Waals surface area contributed by atoms with Crippen LogP contribution in [0.25, 0.3) is 11.0 Å². The van der Waals surface area contributed by atoms with E-state index in [1.54, 1.807) is 18.4 Å². The first-order valence-corrected chi connectivity index (χ1v) is 14.8. The lowest BCUT2D eigenvalue weighted by molar-refractivity contribution is -0.138. The van der Waals surface area contributed by atoms with Crippen LogP contribution >= 0.6 is 0 Å². The van der Waals surface area contributed by atoms with E-state index in [9.17, 15) is 13.4 Å². The van der Waals surface area contributed by atoms with Gasteiger partial charge in [-0.1, -0.05) is 43.4 Å². The molecule has 0 bridgehead atoms. The van der Waals surface area contributed by atoms with Gasteiger partial charge >= 0.3 is 5.97 Å². The van der Waals surface area contributed by atoms with Crippen LogP contribution in [0.5, 0.6) is 0 Å². The normalized spacial score (nSPS) is 20.6. The molecule has 3 rings (SSSR count). The summed E-state index contributed by atoms with van der Waals surface area (Å²) in [6.07, 6.45) is 15.1. The van der Waals surface area contributed by atoms with Crippen LogP contribution in [0, 0.1) is 11.8 Å². The molecule has 1 fully saturated rings. The fourth-order valence-corrected chi connectivity index (χ4v) is 5.57. The summed E-state index contributed by atoms with van der Waals surface area (Å²) in [4.78, 5) is 19.5. The van der Waals surface area contributed by atoms with Crippen LogP contribution in [0.1, 0.15) is 65.1 Å². The second kappa shape index (κ2) is 13.7. The molecule has 1 aliphatic carbocycles. The number of carboxylic acid groups (broad SMARTS) is 1. The second-order valence-corrected chi connectivity index (χ2v) is 11.6. The Morgan fingerprint density at radius 2 is 1.84 bits per heavy atom. The number of rotatable bonds is 11. The van der Waals surface area contributed by atoms with E-state index in [4.69, 9.17) is 5.11 Å². The van der Waals surface area contributed by atoms with Crippen LogP contribution in [0.15, 0.2) is 82.1 Å². The van der Waals surface area contributed by atoms with Crippen molar-refractivity contribution >= 4 is 27.8 Å². The van der Waals surface area contributed by atoms with E-state index >= 15 is 0 Å². The molecule has 0 radical (unpaired) electrons. The first-order chi connectivity index (χ1) is 18.1. The van der Waals surface area contributed by atoms with Crippen molar-refractivity contribution in [2.75, 3.05) is 6.26 Å². The number of hydrogen-bond acceptors (Lipinski definition) is 3. The Morgan fingerprint density at radius 1 is 1.16 bits per heavy atom. The van der Waals surface area contributed by atoms with Gasteiger partial charge in [-0.05, 0) is 92.7 Å². The number of aromatic nitrogens is 2. The van der Waals surface area contributed by atoms with Crippen LogP contribution in [0.3, 0.4) is 0 Å². The first-order valence-electron chi connectivity index (χ1n) is 13.2. The number of hydrogen-bond donors (Lipinski definition) is 2. The van der Waals surface area contributed by atoms with Crippen LogP contribution in [0.2, 0.25) is 0 Å². The van der Waals surface area contributed by atoms with Crippen molar-refractivity contribution in [2.24, 2.45) is 11.8 Å². The lowest BCUT2D eigenvalue weighted by atomic mass is 9.77. The van der Waals surface area contributed by atoms with E-state index < -0.39 is 22.6 Å². The number of halogens is 1. The van der Waals surface area contributed by atoms with Crippen molar-refractivity contribution in [3.63, 3.8) is 0 Å². The maximum Gasteiger partial charge on any atom is 0.303 e. The number of benzene rings is 1. The van der Waals surface area contributed by atoms with E-state index in [0.717, 1.165) is 48.7 Å². The van der Waals surface area contributed by atoms with Gasteiger partial charge in [0.15, 0.2) is 0 Å². The maximum absolute atomic E-state index is 14.3. The Morgan fingerprint density at radius 3 is 2.45 bits per heavy atom. The van der Waals surface area contributed by atoms with Crippen LogP contribution in [-0.4, -0.2) is 31.5 Å². The molecular formula is C31H39FN2O3S. The van der Waals surface area contributed by atoms with Gasteiger partial charge in [-0.3, -0.25) is 9.00 Å². The molecule has 0 aliphatic heterocycles. The molecule has 1 atom stereocenters. The fraction of sp³-hybridized carbons (Fsp3) is 0.419. The molecule has 1 heterocycles. The van der Waals surface area contributed by atoms with E-state index in [2.05, 4.69) is 42.5 Å². The zero-order valence-electron chi connectivity index (χ0n) is 22.9. The summed E-state index contributed by atoms with van der Waals surface area (Å²) in [5.41, 5.74) is 5.53. The molecule has 1 unspecified atom stereocenters. The van der Waals surface area contributed by atoms with Crippen molar-refractivity contribution in [1.82, 2.24) is 9.97 Å². The second-order valence-electron chi connectivity index (χ2n) is 10.2. The molecule has 1 aromatic heterocycles. The number of carbonyl (C=O) groups is 1. The molecule has 2 aromatic rings. The number of fused-ring (bicyclic) bond motifs is 1. The summed E-state index contributed by atoms with van der Waals surface area (Å²) < 4.78 is 26.1. The standard InChI is InChI=1S/C31H39FN2O3S/c1-6-24(11-7-21(3)25-13-9-23(10-14-25)17-31(35)36)20(2)8-12-26(22(4)32)18-30-33-28-16-15-27(38(5)37)19-29(28)34-30/h7-8,11-12,15-16,19,23,25H,4,6,9-10,13-14,17-18H2,1-3,5H3,(H,33,34)(H,35,36). The van der Waals surface area contributed by atoms with Gasteiger partial charge in [-0.25, -0.2) is 9.37 Å². The van der Waals surface area contributed by atoms with Crippen molar-refractivity contribution in [3.05, 3.63) is 83.0 Å². The molecule has 1 aromatic carbocycles. The molecule has 7 heteroatoms. The number of nitrogens with zero attached hydrogens (tertiary/aromatic N) is 1. The summed E-state index contributed by atoms with van der Waals surface area (Å²) in [5, 5.41) is 9.03. The molecule has 1 saturated carbocycles. The zero-order chi connectivity index (χ0) is 27.8. The highest BCUT2D eigenvalue weighted by atomic mass is 32.2. The summed E-state index contributed by atoms with van der Waals surface area (Å²) >= 11 is 0. The van der Waals surface area contributed by atoms with Gasteiger partial charge in [-0.15, -0.1) is 0 Å². The SMILES string of the molecule is C=C(F)C(=CC=C(C)C(=CC=C(C)C1CCC(CC(=O)O)CC1)CC)Cc1nc2ccc(S(C)=O)cc2[nH]1. The Bertz CT molecular complexity index is 1320. The molecular weight excluding hydrogens is 499 g/mol. The minimum Gasteiger partial charge on any atom is -0.481 e. The third-order valence-corrected chi connectivity index (χ3v) is 8.38. The third kappa shape index (κ3) is 8.22. The van der Waals surface area contributed by atoms with Crippen LogP contribution in [0.4, 0.5) is 4.39 Å². The number of aromatic amines is 1. The van der Waals surface area contributed by atoms with Crippen molar-refractivity contribution in [2.45, 2.75) is 70.6 Å². The summed E-state index contributed by atoms with van der Waals surface area (Å²) in [6.45, 7) is 9.80. The molecule has 38 heavy (non-hydrogen) atoms. The molecule has 0 spiro atoms. The minimum atomic E-state index is -1.09. The number of aliphatic carboxylic acids is 1. The topological polar surface area (TPSA) is 83.0 Å². The number of imidazole rings is 1. The van der Waals surface area contributed by atoms with Gasteiger partial charge in [0.2, 0.25) is 0 Å². The average Bonchev–Trinajstić information content (AvgIpc) is 3.28. The van der Waals surface area contributed by atoms with Gasteiger partial charge in [-0.2, -0.15) is 0 Å². The number of carboxylic acids is 1. The van der Waals surface area contributed by atoms with E-state index in [1.165, 1.54) is 11.1 Å². The quantitative estimate of drug-likeness (QED) is 0.286. The predicted octanol–water partition coefficient (Wildman–Crippen LogP) is 7.76. The van der Waals surface area contributed by atoms with E-state index in [-0.39, 0.29) is 12.8 Å². The first kappa shape index (κ1) is 29.5. The van der Waals surface area contributed by atoms with Gasteiger partial charge in [0.25, 0.3) is 0 Å². The Hall–Kier alpha value is -3.06. The lowest BCUT2D eigenvalue weighted by Crippen LogP contribution is -2.17. The summed E-state index contributed by atoms with van der Waals surface area (Å²) in [6, 6.07) is 5.42. The highest BCUT2D eigenvalue weighted by molar-refractivity contribution is 7.84. The molecule has 204 valence electrons. The molecule has 5 nitrogen and oxygen atoms in total. The summed E-state index contributed by atoms with van der Waals surface area (Å²) in [7, 11) is -1.09. The van der Waals surface area contributed by atoms with Crippen molar-refractivity contribution in [3.8, 4) is 0 Å². The maximum atomic E-state index is 14.3. The van der Waals surface area contributed by atoms with Gasteiger partial charge in [0.1, 0.15) is 11.7 Å². The largest absolute Gasteiger partial charge is 0.481 e. The number of nitrogens with one attached hydrogen (secondary N) is 1. The predicted molar refractivity (Wildman–Crippen MR) is 154 cm³/mol. The van der Waals surface area contributed by atoms with Crippen molar-refractivity contribution < 1.29 is 18.5 Å². The zero-order valence-corrected chi connectivity index (χ0v) is 23.7. The smallest absolute Gasteiger partial charge is 0.303 e. The molecule has 0 saturated heterocycles. The highest BCUT2D eigenvalue weighted by Gasteiger charge is 2.23. The third-order valence-electron chi connectivity index (χ3n) is 7.46. The monoisotopic (exact) mass is 538 g/mol. The highest BCUT2D eigenvalue weighted by Crippen LogP contribution is 2.35. The van der Waals surface area contributed by atoms with Crippen molar-refractivity contribution in [1.29, 1.82) is 0 Å². The number of allylic oxidation sites excluding steroid dienone is 9. The lowest BCUT2D eigenvalue weighted by Gasteiger charge is -2.28. The van der Waals surface area contributed by atoms with Gasteiger partial charge in [0, 0.05) is 34.8 Å². The average molecular weight is 539 g/mol. The summed E-state index contributed by atoms with van der Waals surface area (Å²) in [5.74, 6) is 0.221. The van der Waals surface area contributed by atoms with Crippen LogP contribution in [-0.2, 0) is 22.0 Å². The molecule has 1 aliphatic rings. The number of H-pyrrole nitrogens is 1. The van der Waals surface area contributed by atoms with E-state index in [0.29, 0.717) is 28.1 Å². The molecule has 0 amide bonds. The van der Waals surface area contributed by atoms with E-state index in [1.807, 2.05) is 25.1 Å². The Labute approximate surface area is 227 Å².